The highest BCUT2D eigenvalue weighted by Crippen LogP contribution is 2.15. The molecule has 0 radical (unpaired) electrons. The number of hydrogen-bond acceptors (Lipinski definition) is 2. The van der Waals surface area contributed by atoms with E-state index in [1.54, 1.807) is 12.3 Å². The Hall–Kier alpha value is -2.46. The second-order valence-corrected chi connectivity index (χ2v) is 5.73. The summed E-state index contributed by atoms with van der Waals surface area (Å²) in [5, 5.41) is 6.14. The van der Waals surface area contributed by atoms with Gasteiger partial charge in [-0.2, -0.15) is 5.10 Å². The number of rotatable bonds is 3. The van der Waals surface area contributed by atoms with Crippen molar-refractivity contribution < 1.29 is 4.79 Å². The number of amides is 1. The summed E-state index contributed by atoms with van der Waals surface area (Å²) >= 11 is 3.39. The molecule has 1 amide bonds. The first kappa shape index (κ1) is 14.5. The van der Waals surface area contributed by atoms with Gasteiger partial charge in [-0.1, -0.05) is 58.4 Å². The first-order valence-corrected chi connectivity index (χ1v) is 7.59. The van der Waals surface area contributed by atoms with Gasteiger partial charge in [0, 0.05) is 10.0 Å². The van der Waals surface area contributed by atoms with E-state index < -0.39 is 0 Å². The third-order valence-corrected chi connectivity index (χ3v) is 3.73. The van der Waals surface area contributed by atoms with E-state index in [1.807, 2.05) is 60.7 Å². The number of nitrogens with zero attached hydrogens (tertiary/aromatic N) is 1. The Morgan fingerprint density at radius 3 is 2.59 bits per heavy atom. The van der Waals surface area contributed by atoms with Crippen LogP contribution in [0.15, 0.2) is 76.3 Å². The van der Waals surface area contributed by atoms with Gasteiger partial charge in [0.2, 0.25) is 0 Å². The van der Waals surface area contributed by atoms with Crippen molar-refractivity contribution in [2.75, 3.05) is 0 Å². The maximum absolute atomic E-state index is 12.1. The minimum atomic E-state index is -0.225. The molecule has 0 unspecified atom stereocenters. The van der Waals surface area contributed by atoms with Gasteiger partial charge in [-0.15, -0.1) is 0 Å². The molecule has 3 nitrogen and oxygen atoms in total. The first-order chi connectivity index (χ1) is 10.7. The van der Waals surface area contributed by atoms with Crippen LogP contribution in [-0.4, -0.2) is 12.1 Å². The monoisotopic (exact) mass is 352 g/mol. The standard InChI is InChI=1S/C18H13BrN2O/c19-17-7-3-4-13(10-17)12-20-21-18(22)16-9-8-14-5-1-2-6-15(14)11-16/h1-12H,(H,21,22)/b20-12+. The maximum Gasteiger partial charge on any atom is 0.271 e. The van der Waals surface area contributed by atoms with Gasteiger partial charge in [-0.05, 0) is 40.6 Å². The Bertz CT molecular complexity index is 858. The lowest BCUT2D eigenvalue weighted by atomic mass is 10.1. The molecule has 3 aromatic rings. The van der Waals surface area contributed by atoms with Gasteiger partial charge >= 0.3 is 0 Å². The van der Waals surface area contributed by atoms with Gasteiger partial charge in [-0.3, -0.25) is 4.79 Å². The Balaban J connectivity index is 1.73. The molecule has 4 heteroatoms. The summed E-state index contributed by atoms with van der Waals surface area (Å²) in [5.74, 6) is -0.225. The Labute approximate surface area is 136 Å². The molecule has 0 atom stereocenters. The molecule has 3 rings (SSSR count). The maximum atomic E-state index is 12.1. The number of benzene rings is 3. The highest BCUT2D eigenvalue weighted by molar-refractivity contribution is 9.10. The average Bonchev–Trinajstić information content (AvgIpc) is 2.54. The van der Waals surface area contributed by atoms with Crippen LogP contribution in [0.3, 0.4) is 0 Å². The third-order valence-electron chi connectivity index (χ3n) is 3.24. The summed E-state index contributed by atoms with van der Waals surface area (Å²) in [6, 6.07) is 21.2. The minimum Gasteiger partial charge on any atom is -0.267 e. The van der Waals surface area contributed by atoms with Crippen molar-refractivity contribution in [3.8, 4) is 0 Å². The van der Waals surface area contributed by atoms with Crippen LogP contribution in [0.4, 0.5) is 0 Å². The van der Waals surface area contributed by atoms with Gasteiger partial charge in [0.1, 0.15) is 0 Å². The van der Waals surface area contributed by atoms with E-state index in [0.29, 0.717) is 5.56 Å². The fourth-order valence-electron chi connectivity index (χ4n) is 2.15. The van der Waals surface area contributed by atoms with Crippen molar-refractivity contribution in [1.82, 2.24) is 5.43 Å². The van der Waals surface area contributed by atoms with Gasteiger partial charge in [0.15, 0.2) is 0 Å². The number of hydrogen-bond donors (Lipinski definition) is 1. The van der Waals surface area contributed by atoms with Crippen molar-refractivity contribution in [2.24, 2.45) is 5.10 Å². The van der Waals surface area contributed by atoms with E-state index in [9.17, 15) is 4.79 Å². The van der Waals surface area contributed by atoms with E-state index in [2.05, 4.69) is 26.5 Å². The van der Waals surface area contributed by atoms with Crippen molar-refractivity contribution in [2.45, 2.75) is 0 Å². The second kappa shape index (κ2) is 6.54. The molecule has 1 N–H and O–H groups in total. The molecule has 0 heterocycles. The number of nitrogens with one attached hydrogen (secondary N) is 1. The molecular formula is C18H13BrN2O. The molecule has 3 aromatic carbocycles. The number of carbonyl (C=O) groups excluding carboxylic acids is 1. The molecule has 108 valence electrons. The SMILES string of the molecule is O=C(N/N=C/c1cccc(Br)c1)c1ccc2ccccc2c1. The summed E-state index contributed by atoms with van der Waals surface area (Å²) in [5.41, 5.74) is 4.05. The zero-order valence-corrected chi connectivity index (χ0v) is 13.2. The van der Waals surface area contributed by atoms with Gasteiger partial charge in [0.25, 0.3) is 5.91 Å². The smallest absolute Gasteiger partial charge is 0.267 e. The first-order valence-electron chi connectivity index (χ1n) is 6.80. The molecule has 0 spiro atoms. The van der Waals surface area contributed by atoms with Crippen LogP contribution in [0.1, 0.15) is 15.9 Å². The van der Waals surface area contributed by atoms with Crippen LogP contribution in [0.25, 0.3) is 10.8 Å². The van der Waals surface area contributed by atoms with Crippen LogP contribution in [0, 0.1) is 0 Å². The highest BCUT2D eigenvalue weighted by Gasteiger charge is 2.04. The molecule has 22 heavy (non-hydrogen) atoms. The predicted octanol–water partition coefficient (Wildman–Crippen LogP) is 4.37. The van der Waals surface area contributed by atoms with Crippen LogP contribution >= 0.6 is 15.9 Å². The van der Waals surface area contributed by atoms with Crippen molar-refractivity contribution in [3.63, 3.8) is 0 Å². The molecular weight excluding hydrogens is 340 g/mol. The van der Waals surface area contributed by atoms with E-state index in [1.165, 1.54) is 0 Å². The summed E-state index contributed by atoms with van der Waals surface area (Å²) in [6.07, 6.45) is 1.61. The molecule has 0 aliphatic carbocycles. The molecule has 0 bridgehead atoms. The third kappa shape index (κ3) is 3.40. The van der Waals surface area contributed by atoms with Crippen LogP contribution in [0.2, 0.25) is 0 Å². The minimum absolute atomic E-state index is 0.225. The number of hydrazone groups is 1. The Morgan fingerprint density at radius 2 is 1.77 bits per heavy atom. The fraction of sp³-hybridized carbons (Fsp3) is 0. The van der Waals surface area contributed by atoms with Gasteiger partial charge in [-0.25, -0.2) is 5.43 Å². The van der Waals surface area contributed by atoms with Crippen molar-refractivity contribution >= 4 is 38.8 Å². The van der Waals surface area contributed by atoms with Crippen molar-refractivity contribution in [3.05, 3.63) is 82.3 Å². The quantitative estimate of drug-likeness (QED) is 0.552. The Morgan fingerprint density at radius 1 is 0.955 bits per heavy atom. The Kier molecular flexibility index (Phi) is 4.30. The van der Waals surface area contributed by atoms with Crippen LogP contribution in [-0.2, 0) is 0 Å². The van der Waals surface area contributed by atoms with E-state index in [4.69, 9.17) is 0 Å². The largest absolute Gasteiger partial charge is 0.271 e. The fourth-order valence-corrected chi connectivity index (χ4v) is 2.56. The van der Waals surface area contributed by atoms with Crippen LogP contribution in [0.5, 0.6) is 0 Å². The lowest BCUT2D eigenvalue weighted by Gasteiger charge is -2.02. The zero-order valence-electron chi connectivity index (χ0n) is 11.7. The summed E-state index contributed by atoms with van der Waals surface area (Å²) in [6.45, 7) is 0. The molecule has 0 saturated carbocycles. The van der Waals surface area contributed by atoms with Gasteiger partial charge < -0.3 is 0 Å². The van der Waals surface area contributed by atoms with E-state index in [0.717, 1.165) is 20.8 Å². The molecule has 0 fully saturated rings. The number of halogens is 1. The van der Waals surface area contributed by atoms with Crippen molar-refractivity contribution in [1.29, 1.82) is 0 Å². The summed E-state index contributed by atoms with van der Waals surface area (Å²) in [4.78, 5) is 12.1. The highest BCUT2D eigenvalue weighted by atomic mass is 79.9. The average molecular weight is 353 g/mol. The topological polar surface area (TPSA) is 41.5 Å². The second-order valence-electron chi connectivity index (χ2n) is 4.82. The molecule has 0 aliphatic rings. The molecule has 0 aromatic heterocycles. The summed E-state index contributed by atoms with van der Waals surface area (Å²) < 4.78 is 0.970. The van der Waals surface area contributed by atoms with Gasteiger partial charge in [0.05, 0.1) is 6.21 Å². The number of fused-ring (bicyclic) bond motifs is 1. The molecule has 0 aliphatic heterocycles. The number of carbonyl (C=O) groups is 1. The predicted molar refractivity (Wildman–Crippen MR) is 93.2 cm³/mol. The molecule has 0 saturated heterocycles. The van der Waals surface area contributed by atoms with E-state index >= 15 is 0 Å². The lowest BCUT2D eigenvalue weighted by molar-refractivity contribution is 0.0955. The summed E-state index contributed by atoms with van der Waals surface area (Å²) in [7, 11) is 0. The van der Waals surface area contributed by atoms with E-state index in [-0.39, 0.29) is 5.91 Å². The lowest BCUT2D eigenvalue weighted by Crippen LogP contribution is -2.17. The zero-order chi connectivity index (χ0) is 15.4. The van der Waals surface area contributed by atoms with Crippen LogP contribution < -0.4 is 5.43 Å². The normalized spacial score (nSPS) is 11.0.